The van der Waals surface area contributed by atoms with Gasteiger partial charge in [-0.15, -0.1) is 11.8 Å². The maximum atomic E-state index is 11.5. The number of carbonyl (C=O) groups is 2. The summed E-state index contributed by atoms with van der Waals surface area (Å²) < 4.78 is 5.14. The fourth-order valence-corrected chi connectivity index (χ4v) is 1.98. The second-order valence-corrected chi connectivity index (χ2v) is 6.30. The molecule has 0 aliphatic heterocycles. The van der Waals surface area contributed by atoms with E-state index in [0.717, 1.165) is 10.5 Å². The van der Waals surface area contributed by atoms with Crippen molar-refractivity contribution in [2.24, 2.45) is 5.73 Å². The van der Waals surface area contributed by atoms with Crippen LogP contribution in [0.4, 0.5) is 4.79 Å². The number of ether oxygens (including phenoxy) is 1. The van der Waals surface area contributed by atoms with Crippen molar-refractivity contribution >= 4 is 23.8 Å². The molecule has 5 nitrogen and oxygen atoms in total. The molecule has 0 saturated heterocycles. The SMILES string of the molecule is CC(C)(C)OC(=O)NCc1ccc(SCC(N)=O)cc1. The highest BCUT2D eigenvalue weighted by Gasteiger charge is 2.15. The van der Waals surface area contributed by atoms with Gasteiger partial charge in [-0.05, 0) is 38.5 Å². The summed E-state index contributed by atoms with van der Waals surface area (Å²) in [5.74, 6) is -0.0825. The second-order valence-electron chi connectivity index (χ2n) is 5.25. The molecule has 1 aromatic rings. The van der Waals surface area contributed by atoms with Gasteiger partial charge in [-0.1, -0.05) is 12.1 Å². The van der Waals surface area contributed by atoms with Crippen molar-refractivity contribution in [3.8, 4) is 0 Å². The normalized spacial score (nSPS) is 10.9. The first-order valence-electron chi connectivity index (χ1n) is 6.23. The van der Waals surface area contributed by atoms with Crippen molar-refractivity contribution in [2.45, 2.75) is 37.8 Å². The molecule has 20 heavy (non-hydrogen) atoms. The van der Waals surface area contributed by atoms with Crippen LogP contribution in [0, 0.1) is 0 Å². The highest BCUT2D eigenvalue weighted by molar-refractivity contribution is 8.00. The molecule has 2 amide bonds. The van der Waals surface area contributed by atoms with E-state index in [1.54, 1.807) is 0 Å². The third-order valence-corrected chi connectivity index (χ3v) is 3.17. The molecule has 0 bridgehead atoms. The summed E-state index contributed by atoms with van der Waals surface area (Å²) in [4.78, 5) is 23.1. The third kappa shape index (κ3) is 7.04. The third-order valence-electron chi connectivity index (χ3n) is 2.14. The number of carbonyl (C=O) groups excluding carboxylic acids is 2. The maximum Gasteiger partial charge on any atom is 0.407 e. The molecule has 6 heteroatoms. The average molecular weight is 296 g/mol. The molecule has 3 N–H and O–H groups in total. The van der Waals surface area contributed by atoms with Crippen LogP contribution in [0.2, 0.25) is 0 Å². The Kier molecular flexibility index (Phi) is 5.88. The lowest BCUT2D eigenvalue weighted by Crippen LogP contribution is -2.32. The molecule has 0 heterocycles. The molecule has 110 valence electrons. The van der Waals surface area contributed by atoms with Crippen molar-refractivity contribution < 1.29 is 14.3 Å². The van der Waals surface area contributed by atoms with Crippen LogP contribution in [0.15, 0.2) is 29.2 Å². The fraction of sp³-hybridized carbons (Fsp3) is 0.429. The number of primary amides is 1. The van der Waals surface area contributed by atoms with Gasteiger partial charge in [0.15, 0.2) is 0 Å². The first-order valence-corrected chi connectivity index (χ1v) is 7.22. The Morgan fingerprint density at radius 1 is 1.25 bits per heavy atom. The van der Waals surface area contributed by atoms with Gasteiger partial charge in [0.2, 0.25) is 5.91 Å². The van der Waals surface area contributed by atoms with Crippen LogP contribution < -0.4 is 11.1 Å². The molecule has 0 spiro atoms. The van der Waals surface area contributed by atoms with Gasteiger partial charge in [-0.2, -0.15) is 0 Å². The van der Waals surface area contributed by atoms with Gasteiger partial charge in [0, 0.05) is 11.4 Å². The van der Waals surface area contributed by atoms with Crippen molar-refractivity contribution in [2.75, 3.05) is 5.75 Å². The lowest BCUT2D eigenvalue weighted by Gasteiger charge is -2.19. The van der Waals surface area contributed by atoms with Crippen molar-refractivity contribution in [3.05, 3.63) is 29.8 Å². The average Bonchev–Trinajstić information content (AvgIpc) is 2.33. The quantitative estimate of drug-likeness (QED) is 0.817. The molecular weight excluding hydrogens is 276 g/mol. The highest BCUT2D eigenvalue weighted by atomic mass is 32.2. The van der Waals surface area contributed by atoms with E-state index in [2.05, 4.69) is 5.32 Å². The Balaban J connectivity index is 2.42. The van der Waals surface area contributed by atoms with Gasteiger partial charge >= 0.3 is 6.09 Å². The van der Waals surface area contributed by atoms with Crippen LogP contribution in [0.3, 0.4) is 0 Å². The van der Waals surface area contributed by atoms with Crippen LogP contribution in [0.25, 0.3) is 0 Å². The highest BCUT2D eigenvalue weighted by Crippen LogP contribution is 2.17. The van der Waals surface area contributed by atoms with E-state index in [-0.39, 0.29) is 11.7 Å². The zero-order chi connectivity index (χ0) is 15.2. The molecule has 0 fully saturated rings. The summed E-state index contributed by atoms with van der Waals surface area (Å²) in [6.07, 6.45) is -0.440. The monoisotopic (exact) mass is 296 g/mol. The van der Waals surface area contributed by atoms with Crippen LogP contribution in [0.5, 0.6) is 0 Å². The number of rotatable bonds is 5. The van der Waals surface area contributed by atoms with E-state index in [1.807, 2.05) is 45.0 Å². The van der Waals surface area contributed by atoms with Gasteiger partial charge in [0.05, 0.1) is 5.75 Å². The van der Waals surface area contributed by atoms with Crippen LogP contribution >= 0.6 is 11.8 Å². The summed E-state index contributed by atoms with van der Waals surface area (Å²) in [7, 11) is 0. The Morgan fingerprint density at radius 2 is 1.85 bits per heavy atom. The molecule has 0 aliphatic carbocycles. The minimum Gasteiger partial charge on any atom is -0.444 e. The minimum absolute atomic E-state index is 0.259. The van der Waals surface area contributed by atoms with E-state index >= 15 is 0 Å². The smallest absolute Gasteiger partial charge is 0.407 e. The number of nitrogens with one attached hydrogen (secondary N) is 1. The van der Waals surface area contributed by atoms with Crippen LogP contribution in [0.1, 0.15) is 26.3 Å². The number of hydrogen-bond donors (Lipinski definition) is 2. The predicted molar refractivity (Wildman–Crippen MR) is 79.4 cm³/mol. The molecule has 0 saturated carbocycles. The molecule has 0 aromatic heterocycles. The topological polar surface area (TPSA) is 81.4 Å². The first kappa shape index (κ1) is 16.4. The lowest BCUT2D eigenvalue weighted by molar-refractivity contribution is -0.115. The second kappa shape index (κ2) is 7.19. The number of alkyl carbamates (subject to hydrolysis) is 1. The number of thioether (sulfide) groups is 1. The summed E-state index contributed by atoms with van der Waals surface area (Å²) in [5.41, 5.74) is 5.54. The Bertz CT molecular complexity index is 466. The number of amides is 2. The van der Waals surface area contributed by atoms with Gasteiger partial charge in [0.25, 0.3) is 0 Å². The molecule has 0 unspecified atom stereocenters. The van der Waals surface area contributed by atoms with Gasteiger partial charge < -0.3 is 15.8 Å². The van der Waals surface area contributed by atoms with Gasteiger partial charge in [-0.3, -0.25) is 4.79 Å². The summed E-state index contributed by atoms with van der Waals surface area (Å²) in [6, 6.07) is 7.56. The number of hydrogen-bond acceptors (Lipinski definition) is 4. The van der Waals surface area contributed by atoms with Crippen molar-refractivity contribution in [1.82, 2.24) is 5.32 Å². The first-order chi connectivity index (χ1) is 9.26. The minimum atomic E-state index is -0.501. The Hall–Kier alpha value is -1.69. The molecule has 0 aliphatic rings. The maximum absolute atomic E-state index is 11.5. The van der Waals surface area contributed by atoms with E-state index < -0.39 is 11.7 Å². The fourth-order valence-electron chi connectivity index (χ4n) is 1.35. The summed E-state index contributed by atoms with van der Waals surface area (Å²) >= 11 is 1.38. The Labute approximate surface area is 123 Å². The van der Waals surface area contributed by atoms with Crippen molar-refractivity contribution in [3.63, 3.8) is 0 Å². The predicted octanol–water partition coefficient (Wildman–Crippen LogP) is 2.29. The molecule has 0 atom stereocenters. The molecule has 0 radical (unpaired) electrons. The molecule has 1 aromatic carbocycles. The van der Waals surface area contributed by atoms with E-state index in [4.69, 9.17) is 10.5 Å². The lowest BCUT2D eigenvalue weighted by atomic mass is 10.2. The van der Waals surface area contributed by atoms with E-state index in [9.17, 15) is 9.59 Å². The largest absolute Gasteiger partial charge is 0.444 e. The number of nitrogens with two attached hydrogens (primary N) is 1. The summed E-state index contributed by atoms with van der Waals surface area (Å²) in [6.45, 7) is 5.85. The van der Waals surface area contributed by atoms with Crippen molar-refractivity contribution in [1.29, 1.82) is 0 Å². The molecule has 1 rings (SSSR count). The Morgan fingerprint density at radius 3 is 2.35 bits per heavy atom. The summed E-state index contributed by atoms with van der Waals surface area (Å²) in [5, 5.41) is 2.68. The van der Waals surface area contributed by atoms with Crippen LogP contribution in [-0.2, 0) is 16.1 Å². The zero-order valence-electron chi connectivity index (χ0n) is 11.9. The standard InChI is InChI=1S/C14H20N2O3S/c1-14(2,3)19-13(18)16-8-10-4-6-11(7-5-10)20-9-12(15)17/h4-7H,8-9H2,1-3H3,(H2,15,17)(H,16,18). The molecular formula is C14H20N2O3S. The van der Waals surface area contributed by atoms with E-state index in [0.29, 0.717) is 6.54 Å². The van der Waals surface area contributed by atoms with E-state index in [1.165, 1.54) is 11.8 Å². The number of benzene rings is 1. The van der Waals surface area contributed by atoms with Gasteiger partial charge in [-0.25, -0.2) is 4.79 Å². The van der Waals surface area contributed by atoms with Gasteiger partial charge in [0.1, 0.15) is 5.60 Å². The van der Waals surface area contributed by atoms with Crippen LogP contribution in [-0.4, -0.2) is 23.4 Å². The zero-order valence-corrected chi connectivity index (χ0v) is 12.8.